The van der Waals surface area contributed by atoms with Crippen LogP contribution in [-0.4, -0.2) is 62.6 Å². The van der Waals surface area contributed by atoms with Crippen LogP contribution in [0.15, 0.2) is 23.2 Å². The van der Waals surface area contributed by atoms with E-state index >= 15 is 0 Å². The Morgan fingerprint density at radius 1 is 1.14 bits per heavy atom. The number of hydrogen-bond acceptors (Lipinski definition) is 3. The Bertz CT molecular complexity index is 635. The van der Waals surface area contributed by atoms with Gasteiger partial charge in [0.2, 0.25) is 0 Å². The van der Waals surface area contributed by atoms with Gasteiger partial charge >= 0.3 is 0 Å². The number of hydrogen-bond donors (Lipinski definition) is 3. The third-order valence-corrected chi connectivity index (χ3v) is 4.62. The number of piperidine rings is 1. The molecular formula is C20H33FIN5O. The van der Waals surface area contributed by atoms with Gasteiger partial charge in [-0.3, -0.25) is 9.79 Å². The van der Waals surface area contributed by atoms with E-state index in [9.17, 15) is 9.18 Å². The second-order valence-electron chi connectivity index (χ2n) is 6.81. The molecule has 0 aromatic heterocycles. The Morgan fingerprint density at radius 3 is 2.54 bits per heavy atom. The number of amides is 1. The second-order valence-corrected chi connectivity index (χ2v) is 6.81. The maximum atomic E-state index is 13.6. The van der Waals surface area contributed by atoms with Crippen LogP contribution in [0.3, 0.4) is 0 Å². The van der Waals surface area contributed by atoms with Gasteiger partial charge < -0.3 is 20.9 Å². The lowest BCUT2D eigenvalue weighted by atomic mass is 10.1. The van der Waals surface area contributed by atoms with E-state index in [-0.39, 0.29) is 35.7 Å². The van der Waals surface area contributed by atoms with Crippen molar-refractivity contribution in [3.8, 4) is 0 Å². The maximum absolute atomic E-state index is 13.6. The molecule has 1 aliphatic rings. The number of benzene rings is 1. The number of halogens is 2. The first-order valence-corrected chi connectivity index (χ1v) is 9.89. The summed E-state index contributed by atoms with van der Waals surface area (Å²) < 4.78 is 13.6. The Kier molecular flexibility index (Phi) is 12.1. The predicted octanol–water partition coefficient (Wildman–Crippen LogP) is 2.52. The standard InChI is InChI=1S/C20H32FN5O.HI/c1-3-22-20(25-11-14-26-12-5-4-6-13-26)24-10-9-23-19(27)17-8-7-16(2)18(21)15-17;/h7-8,15H,3-6,9-14H2,1-2H3,(H,23,27)(H2,22,24,25);1H. The number of carbonyl (C=O) groups excluding carboxylic acids is 1. The van der Waals surface area contributed by atoms with Crippen molar-refractivity contribution in [2.75, 3.05) is 45.8 Å². The smallest absolute Gasteiger partial charge is 0.251 e. The topological polar surface area (TPSA) is 68.8 Å². The molecule has 1 saturated heterocycles. The van der Waals surface area contributed by atoms with Gasteiger partial charge in [0, 0.05) is 31.7 Å². The minimum atomic E-state index is -0.365. The molecule has 0 bridgehead atoms. The van der Waals surface area contributed by atoms with Gasteiger partial charge in [-0.05, 0) is 57.5 Å². The lowest BCUT2D eigenvalue weighted by molar-refractivity contribution is 0.0954. The molecule has 0 saturated carbocycles. The number of likely N-dealkylation sites (tertiary alicyclic amines) is 1. The molecule has 8 heteroatoms. The summed E-state index contributed by atoms with van der Waals surface area (Å²) in [7, 11) is 0. The molecule has 1 heterocycles. The molecule has 1 amide bonds. The van der Waals surface area contributed by atoms with E-state index < -0.39 is 0 Å². The number of aryl methyl sites for hydroxylation is 1. The molecule has 0 aliphatic carbocycles. The highest BCUT2D eigenvalue weighted by Crippen LogP contribution is 2.09. The minimum Gasteiger partial charge on any atom is -0.357 e. The summed E-state index contributed by atoms with van der Waals surface area (Å²) in [6.45, 7) is 9.54. The van der Waals surface area contributed by atoms with Gasteiger partial charge in [0.1, 0.15) is 5.82 Å². The molecule has 1 aromatic carbocycles. The third kappa shape index (κ3) is 8.72. The van der Waals surface area contributed by atoms with Crippen LogP contribution in [0, 0.1) is 12.7 Å². The van der Waals surface area contributed by atoms with Crippen LogP contribution in [0.4, 0.5) is 4.39 Å². The zero-order chi connectivity index (χ0) is 19.5. The van der Waals surface area contributed by atoms with Crippen LogP contribution >= 0.6 is 24.0 Å². The fourth-order valence-electron chi connectivity index (χ4n) is 3.02. The van der Waals surface area contributed by atoms with Crippen molar-refractivity contribution in [2.45, 2.75) is 33.1 Å². The summed E-state index contributed by atoms with van der Waals surface area (Å²) in [4.78, 5) is 19.1. The zero-order valence-electron chi connectivity index (χ0n) is 16.9. The summed E-state index contributed by atoms with van der Waals surface area (Å²) in [5.41, 5.74) is 0.865. The van der Waals surface area contributed by atoms with E-state index in [0.717, 1.165) is 25.6 Å². The Hall–Kier alpha value is -1.42. The van der Waals surface area contributed by atoms with Crippen molar-refractivity contribution < 1.29 is 9.18 Å². The maximum Gasteiger partial charge on any atom is 0.251 e. The average Bonchev–Trinajstić information content (AvgIpc) is 2.68. The van der Waals surface area contributed by atoms with Gasteiger partial charge in [-0.25, -0.2) is 4.39 Å². The zero-order valence-corrected chi connectivity index (χ0v) is 19.2. The van der Waals surface area contributed by atoms with Crippen molar-refractivity contribution in [1.82, 2.24) is 20.9 Å². The van der Waals surface area contributed by atoms with Crippen molar-refractivity contribution >= 4 is 35.8 Å². The normalized spacial score (nSPS) is 14.9. The summed E-state index contributed by atoms with van der Waals surface area (Å²) in [5.74, 6) is 0.115. The number of nitrogens with zero attached hydrogens (tertiary/aromatic N) is 2. The molecule has 1 aliphatic heterocycles. The number of carbonyl (C=O) groups is 1. The highest BCUT2D eigenvalue weighted by molar-refractivity contribution is 14.0. The molecule has 1 fully saturated rings. The van der Waals surface area contributed by atoms with E-state index in [1.165, 1.54) is 38.4 Å². The first-order valence-electron chi connectivity index (χ1n) is 9.89. The van der Waals surface area contributed by atoms with Crippen LogP contribution in [-0.2, 0) is 0 Å². The number of nitrogens with one attached hydrogen (secondary N) is 3. The first-order chi connectivity index (χ1) is 13.1. The molecule has 3 N–H and O–H groups in total. The molecule has 6 nitrogen and oxygen atoms in total. The van der Waals surface area contributed by atoms with Gasteiger partial charge in [-0.2, -0.15) is 0 Å². The van der Waals surface area contributed by atoms with E-state index in [1.54, 1.807) is 19.1 Å². The van der Waals surface area contributed by atoms with Crippen LogP contribution in [0.25, 0.3) is 0 Å². The third-order valence-electron chi connectivity index (χ3n) is 4.62. The fraction of sp³-hybridized carbons (Fsp3) is 0.600. The van der Waals surface area contributed by atoms with E-state index in [2.05, 4.69) is 25.8 Å². The van der Waals surface area contributed by atoms with Crippen LogP contribution in [0.5, 0.6) is 0 Å². The quantitative estimate of drug-likeness (QED) is 0.220. The number of guanidine groups is 1. The summed E-state index contributed by atoms with van der Waals surface area (Å²) in [6, 6.07) is 4.51. The van der Waals surface area contributed by atoms with E-state index in [1.807, 2.05) is 6.92 Å². The number of aliphatic imine (C=N–C) groups is 1. The van der Waals surface area contributed by atoms with Crippen LogP contribution in [0.1, 0.15) is 42.1 Å². The monoisotopic (exact) mass is 505 g/mol. The van der Waals surface area contributed by atoms with Crippen molar-refractivity contribution in [3.63, 3.8) is 0 Å². The molecule has 2 rings (SSSR count). The molecule has 0 spiro atoms. The molecule has 28 heavy (non-hydrogen) atoms. The van der Waals surface area contributed by atoms with Gasteiger partial charge in [-0.1, -0.05) is 12.5 Å². The molecule has 0 radical (unpaired) electrons. The van der Waals surface area contributed by atoms with Gasteiger partial charge in [-0.15, -0.1) is 24.0 Å². The van der Waals surface area contributed by atoms with Crippen molar-refractivity contribution in [2.24, 2.45) is 4.99 Å². The molecular weight excluding hydrogens is 472 g/mol. The summed E-state index contributed by atoms with van der Waals surface area (Å²) >= 11 is 0. The number of rotatable bonds is 8. The first kappa shape index (κ1) is 24.6. The SMILES string of the molecule is CCNC(=NCCN1CCCCC1)NCCNC(=O)c1ccc(C)c(F)c1.I. The van der Waals surface area contributed by atoms with Gasteiger partial charge in [0.25, 0.3) is 5.91 Å². The van der Waals surface area contributed by atoms with Gasteiger partial charge in [0.05, 0.1) is 6.54 Å². The Balaban J connectivity index is 0.00000392. The molecule has 0 unspecified atom stereocenters. The van der Waals surface area contributed by atoms with E-state index in [0.29, 0.717) is 24.2 Å². The second kappa shape index (κ2) is 13.7. The lowest BCUT2D eigenvalue weighted by Crippen LogP contribution is -2.42. The Morgan fingerprint density at radius 2 is 1.86 bits per heavy atom. The molecule has 1 aromatic rings. The molecule has 0 atom stereocenters. The minimum absolute atomic E-state index is 0. The highest BCUT2D eigenvalue weighted by Gasteiger charge is 2.09. The van der Waals surface area contributed by atoms with E-state index in [4.69, 9.17) is 0 Å². The molecule has 158 valence electrons. The average molecular weight is 505 g/mol. The summed E-state index contributed by atoms with van der Waals surface area (Å²) in [5, 5.41) is 9.22. The van der Waals surface area contributed by atoms with Crippen LogP contribution in [0.2, 0.25) is 0 Å². The van der Waals surface area contributed by atoms with Crippen molar-refractivity contribution in [3.05, 3.63) is 35.1 Å². The van der Waals surface area contributed by atoms with Crippen LogP contribution < -0.4 is 16.0 Å². The largest absolute Gasteiger partial charge is 0.357 e. The van der Waals surface area contributed by atoms with Gasteiger partial charge in [0.15, 0.2) is 5.96 Å². The predicted molar refractivity (Wildman–Crippen MR) is 123 cm³/mol. The lowest BCUT2D eigenvalue weighted by Gasteiger charge is -2.25. The van der Waals surface area contributed by atoms with Crippen molar-refractivity contribution in [1.29, 1.82) is 0 Å². The fourth-order valence-corrected chi connectivity index (χ4v) is 3.02. The Labute approximate surface area is 184 Å². The highest BCUT2D eigenvalue weighted by atomic mass is 127. The summed E-state index contributed by atoms with van der Waals surface area (Å²) in [6.07, 6.45) is 3.91.